The molecule has 4 heteroatoms. The highest BCUT2D eigenvalue weighted by Gasteiger charge is 2.26. The summed E-state index contributed by atoms with van der Waals surface area (Å²) < 4.78 is 5.75. The third kappa shape index (κ3) is 3.24. The molecule has 1 amide bonds. The molecule has 2 aliphatic rings. The van der Waals surface area contributed by atoms with Crippen LogP contribution in [0.1, 0.15) is 36.8 Å². The van der Waals surface area contributed by atoms with E-state index in [0.29, 0.717) is 13.0 Å². The Morgan fingerprint density at radius 2 is 2.00 bits per heavy atom. The van der Waals surface area contributed by atoms with E-state index in [4.69, 9.17) is 4.74 Å². The molecule has 116 valence electrons. The van der Waals surface area contributed by atoms with Gasteiger partial charge in [0.1, 0.15) is 11.7 Å². The van der Waals surface area contributed by atoms with E-state index in [0.717, 1.165) is 44.5 Å². The Morgan fingerprint density at radius 3 is 2.77 bits per heavy atom. The Kier molecular flexibility index (Phi) is 4.62. The quantitative estimate of drug-likeness (QED) is 0.840. The highest BCUT2D eigenvalue weighted by atomic mass is 16.5. The molecule has 1 atom stereocenters. The maximum absolute atomic E-state index is 12.2. The molecule has 1 aromatic carbocycles. The average Bonchev–Trinajstić information content (AvgIpc) is 3.21. The second-order valence-corrected chi connectivity index (χ2v) is 6.14. The van der Waals surface area contributed by atoms with Crippen molar-refractivity contribution < 1.29 is 9.53 Å². The van der Waals surface area contributed by atoms with Gasteiger partial charge in [0.15, 0.2) is 0 Å². The number of nitrogens with zero attached hydrogens (tertiary/aromatic N) is 2. The molecule has 0 saturated carbocycles. The minimum Gasteiger partial charge on any atom is -0.494 e. The van der Waals surface area contributed by atoms with Gasteiger partial charge in [-0.05, 0) is 55.4 Å². The number of rotatable bonds is 5. The van der Waals surface area contributed by atoms with Crippen molar-refractivity contribution in [2.24, 2.45) is 5.92 Å². The van der Waals surface area contributed by atoms with E-state index in [1.165, 1.54) is 17.5 Å². The molecule has 0 spiro atoms. The monoisotopic (exact) mass is 298 g/mol. The Balaban J connectivity index is 1.51. The molecule has 0 aromatic heterocycles. The summed E-state index contributed by atoms with van der Waals surface area (Å²) in [6.45, 7) is 2.00. The summed E-state index contributed by atoms with van der Waals surface area (Å²) in [7, 11) is 0. The first-order chi connectivity index (χ1) is 10.8. The van der Waals surface area contributed by atoms with Crippen molar-refractivity contribution in [1.82, 2.24) is 4.90 Å². The molecule has 1 fully saturated rings. The minimum atomic E-state index is -0.576. The topological polar surface area (TPSA) is 53.3 Å². The maximum atomic E-state index is 12.2. The first-order valence-corrected chi connectivity index (χ1v) is 8.21. The van der Waals surface area contributed by atoms with E-state index in [1.54, 1.807) is 0 Å². The molecule has 4 nitrogen and oxygen atoms in total. The molecule has 0 radical (unpaired) electrons. The van der Waals surface area contributed by atoms with Crippen molar-refractivity contribution in [1.29, 1.82) is 5.26 Å². The van der Waals surface area contributed by atoms with E-state index in [2.05, 4.69) is 18.2 Å². The summed E-state index contributed by atoms with van der Waals surface area (Å²) in [6.07, 6.45) is 6.07. The van der Waals surface area contributed by atoms with Gasteiger partial charge >= 0.3 is 0 Å². The lowest BCUT2D eigenvalue weighted by Gasteiger charge is -2.18. The van der Waals surface area contributed by atoms with Gasteiger partial charge in [0.25, 0.3) is 0 Å². The normalized spacial score (nSPS) is 17.9. The summed E-state index contributed by atoms with van der Waals surface area (Å²) in [6, 6.07) is 8.37. The number of amides is 1. The van der Waals surface area contributed by atoms with Crippen LogP contribution in [0.3, 0.4) is 0 Å². The molecular weight excluding hydrogens is 276 g/mol. The molecule has 22 heavy (non-hydrogen) atoms. The summed E-state index contributed by atoms with van der Waals surface area (Å²) in [5.41, 5.74) is 2.80. The number of likely N-dealkylation sites (tertiary alicyclic amines) is 1. The number of fused-ring (bicyclic) bond motifs is 1. The van der Waals surface area contributed by atoms with E-state index < -0.39 is 5.92 Å². The Labute approximate surface area is 131 Å². The lowest BCUT2D eigenvalue weighted by molar-refractivity contribution is -0.133. The van der Waals surface area contributed by atoms with Crippen LogP contribution in [0.4, 0.5) is 0 Å². The van der Waals surface area contributed by atoms with Gasteiger partial charge in [-0.2, -0.15) is 5.26 Å². The van der Waals surface area contributed by atoms with Gasteiger partial charge in [-0.3, -0.25) is 4.79 Å². The highest BCUT2D eigenvalue weighted by Crippen LogP contribution is 2.26. The molecule has 0 N–H and O–H groups in total. The van der Waals surface area contributed by atoms with Crippen molar-refractivity contribution >= 4 is 5.91 Å². The van der Waals surface area contributed by atoms with Crippen LogP contribution in [0.5, 0.6) is 5.75 Å². The lowest BCUT2D eigenvalue weighted by atomic mass is 10.1. The van der Waals surface area contributed by atoms with Gasteiger partial charge in [0, 0.05) is 19.5 Å². The van der Waals surface area contributed by atoms with Gasteiger partial charge in [0.05, 0.1) is 12.7 Å². The zero-order chi connectivity index (χ0) is 15.4. The molecule has 1 aromatic rings. The zero-order valence-corrected chi connectivity index (χ0v) is 12.9. The predicted octanol–water partition coefficient (Wildman–Crippen LogP) is 2.71. The van der Waals surface area contributed by atoms with Gasteiger partial charge in [0.2, 0.25) is 5.91 Å². The molecule has 1 aliphatic heterocycles. The number of hydrogen-bond acceptors (Lipinski definition) is 3. The molecule has 1 unspecified atom stereocenters. The third-order valence-electron chi connectivity index (χ3n) is 4.62. The number of hydrogen-bond donors (Lipinski definition) is 0. The second kappa shape index (κ2) is 6.83. The largest absolute Gasteiger partial charge is 0.494 e. The zero-order valence-electron chi connectivity index (χ0n) is 12.9. The molecule has 1 aliphatic carbocycles. The van der Waals surface area contributed by atoms with Gasteiger partial charge < -0.3 is 9.64 Å². The van der Waals surface area contributed by atoms with Crippen LogP contribution in [0, 0.1) is 17.2 Å². The van der Waals surface area contributed by atoms with Crippen LogP contribution in [-0.4, -0.2) is 30.5 Å². The maximum Gasteiger partial charge on any atom is 0.240 e. The number of benzene rings is 1. The van der Waals surface area contributed by atoms with Crippen LogP contribution in [0.2, 0.25) is 0 Å². The summed E-state index contributed by atoms with van der Waals surface area (Å²) >= 11 is 0. The smallest absolute Gasteiger partial charge is 0.240 e. The summed E-state index contributed by atoms with van der Waals surface area (Å²) in [5, 5.41) is 9.23. The number of aryl methyl sites for hydroxylation is 2. The van der Waals surface area contributed by atoms with Crippen molar-refractivity contribution in [3.05, 3.63) is 29.3 Å². The average molecular weight is 298 g/mol. The molecular formula is C18H22N2O2. The third-order valence-corrected chi connectivity index (χ3v) is 4.62. The fourth-order valence-corrected chi connectivity index (χ4v) is 3.33. The number of carbonyl (C=O) groups excluding carboxylic acids is 1. The molecule has 1 heterocycles. The number of ether oxygens (including phenoxy) is 1. The Bertz CT molecular complexity index is 585. The van der Waals surface area contributed by atoms with Crippen molar-refractivity contribution in [3.8, 4) is 11.8 Å². The summed E-state index contributed by atoms with van der Waals surface area (Å²) in [5.74, 6) is 0.246. The Morgan fingerprint density at radius 1 is 1.23 bits per heavy atom. The van der Waals surface area contributed by atoms with E-state index in [9.17, 15) is 10.1 Å². The van der Waals surface area contributed by atoms with E-state index in [-0.39, 0.29) is 5.91 Å². The van der Waals surface area contributed by atoms with E-state index in [1.807, 2.05) is 11.0 Å². The second-order valence-electron chi connectivity index (χ2n) is 6.14. The first kappa shape index (κ1) is 14.9. The first-order valence-electron chi connectivity index (χ1n) is 8.21. The van der Waals surface area contributed by atoms with Crippen LogP contribution in [0.25, 0.3) is 0 Å². The van der Waals surface area contributed by atoms with Gasteiger partial charge in [-0.15, -0.1) is 0 Å². The van der Waals surface area contributed by atoms with Crippen LogP contribution in [0.15, 0.2) is 18.2 Å². The SMILES string of the molecule is N#CC(CCOc1ccc2c(c1)CCC2)C(=O)N1CCCC1. The van der Waals surface area contributed by atoms with Crippen molar-refractivity contribution in [2.75, 3.05) is 19.7 Å². The highest BCUT2D eigenvalue weighted by molar-refractivity contribution is 5.81. The molecule has 1 saturated heterocycles. The molecule has 3 rings (SSSR count). The fourth-order valence-electron chi connectivity index (χ4n) is 3.33. The van der Waals surface area contributed by atoms with Gasteiger partial charge in [-0.1, -0.05) is 6.07 Å². The van der Waals surface area contributed by atoms with Crippen LogP contribution < -0.4 is 4.74 Å². The van der Waals surface area contributed by atoms with Crippen LogP contribution >= 0.6 is 0 Å². The van der Waals surface area contributed by atoms with Crippen molar-refractivity contribution in [2.45, 2.75) is 38.5 Å². The minimum absolute atomic E-state index is 0.0300. The summed E-state index contributed by atoms with van der Waals surface area (Å²) in [4.78, 5) is 14.0. The van der Waals surface area contributed by atoms with E-state index >= 15 is 0 Å². The Hall–Kier alpha value is -2.02. The van der Waals surface area contributed by atoms with Crippen molar-refractivity contribution in [3.63, 3.8) is 0 Å². The van der Waals surface area contributed by atoms with Gasteiger partial charge in [-0.25, -0.2) is 0 Å². The van der Waals surface area contributed by atoms with Crippen LogP contribution in [-0.2, 0) is 17.6 Å². The standard InChI is InChI=1S/C18H22N2O2/c19-13-16(18(21)20-9-1-2-10-20)8-11-22-17-7-6-14-4-3-5-15(14)12-17/h6-7,12,16H,1-5,8-11H2. The molecule has 0 bridgehead atoms. The lowest BCUT2D eigenvalue weighted by Crippen LogP contribution is -2.33. The number of nitriles is 1. The number of carbonyl (C=O) groups is 1. The fraction of sp³-hybridized carbons (Fsp3) is 0.556. The predicted molar refractivity (Wildman–Crippen MR) is 83.5 cm³/mol.